The molecule has 0 spiro atoms. The summed E-state index contributed by atoms with van der Waals surface area (Å²) in [6.45, 7) is 0. The smallest absolute Gasteiger partial charge is 0.0991 e. The van der Waals surface area contributed by atoms with Crippen molar-refractivity contribution in [3.63, 3.8) is 0 Å². The predicted octanol–water partition coefficient (Wildman–Crippen LogP) is 10.0. The molecule has 0 bridgehead atoms. The first-order valence-corrected chi connectivity index (χ1v) is 15.0. The number of para-hydroxylation sites is 1. The van der Waals surface area contributed by atoms with Crippen molar-refractivity contribution >= 4 is 37.2 Å². The number of rotatable bonds is 3. The van der Waals surface area contributed by atoms with Crippen LogP contribution in [0, 0.1) is 17.2 Å². The molecule has 2 nitrogen and oxygen atoms in total. The third kappa shape index (κ3) is 3.68. The summed E-state index contributed by atoms with van der Waals surface area (Å²) < 4.78 is 2.61. The zero-order valence-electron chi connectivity index (χ0n) is 22.2. The summed E-state index contributed by atoms with van der Waals surface area (Å²) in [5.41, 5.74) is 10.1. The summed E-state index contributed by atoms with van der Waals surface area (Å²) in [6.07, 6.45) is 14.3. The van der Waals surface area contributed by atoms with Crippen LogP contribution in [0.4, 0.5) is 5.69 Å². The van der Waals surface area contributed by atoms with E-state index in [4.69, 9.17) is 0 Å². The van der Waals surface area contributed by atoms with Gasteiger partial charge in [0.2, 0.25) is 0 Å². The van der Waals surface area contributed by atoms with Crippen molar-refractivity contribution in [2.75, 3.05) is 4.90 Å². The molecule has 192 valence electrons. The lowest BCUT2D eigenvalue weighted by atomic mass is 9.85. The van der Waals surface area contributed by atoms with Crippen molar-refractivity contribution in [1.82, 2.24) is 0 Å². The number of anilines is 1. The van der Waals surface area contributed by atoms with Crippen molar-refractivity contribution in [1.29, 1.82) is 5.26 Å². The van der Waals surface area contributed by atoms with Gasteiger partial charge in [0.15, 0.2) is 0 Å². The van der Waals surface area contributed by atoms with E-state index in [2.05, 4.69) is 95.9 Å². The molecule has 1 aliphatic heterocycles. The Hall–Kier alpha value is -4.39. The highest BCUT2D eigenvalue weighted by molar-refractivity contribution is 7.25. The monoisotopic (exact) mass is 532 g/mol. The van der Waals surface area contributed by atoms with E-state index in [1.165, 1.54) is 68.2 Å². The average molecular weight is 533 g/mol. The average Bonchev–Trinajstić information content (AvgIpc) is 3.56. The quantitative estimate of drug-likeness (QED) is 0.231. The van der Waals surface area contributed by atoms with Crippen molar-refractivity contribution in [3.8, 4) is 28.3 Å². The third-order valence-corrected chi connectivity index (χ3v) is 10.0. The van der Waals surface area contributed by atoms with Gasteiger partial charge in [-0.15, -0.1) is 11.3 Å². The summed E-state index contributed by atoms with van der Waals surface area (Å²) in [7, 11) is 0. The number of fused-ring (bicyclic) bond motifs is 5. The normalized spacial score (nSPS) is 19.7. The van der Waals surface area contributed by atoms with Crippen LogP contribution in [0.2, 0.25) is 0 Å². The molecule has 5 aromatic rings. The minimum absolute atomic E-state index is 0.370. The van der Waals surface area contributed by atoms with E-state index in [9.17, 15) is 5.26 Å². The van der Waals surface area contributed by atoms with Crippen molar-refractivity contribution in [3.05, 3.63) is 126 Å². The van der Waals surface area contributed by atoms with Gasteiger partial charge in [-0.05, 0) is 90.4 Å². The summed E-state index contributed by atoms with van der Waals surface area (Å²) in [5.74, 6) is 0.497. The van der Waals surface area contributed by atoms with Crippen LogP contribution in [0.1, 0.15) is 31.2 Å². The fourth-order valence-electron chi connectivity index (χ4n) is 6.99. The van der Waals surface area contributed by atoms with Gasteiger partial charge in [-0.25, -0.2) is 0 Å². The van der Waals surface area contributed by atoms with E-state index >= 15 is 0 Å². The van der Waals surface area contributed by atoms with Gasteiger partial charge in [-0.3, -0.25) is 0 Å². The van der Waals surface area contributed by atoms with Gasteiger partial charge in [-0.2, -0.15) is 5.26 Å². The molecule has 0 radical (unpaired) electrons. The maximum Gasteiger partial charge on any atom is 0.0991 e. The molecular weight excluding hydrogens is 504 g/mol. The largest absolute Gasteiger partial charge is 0.337 e. The Bertz CT molecular complexity index is 1930. The maximum absolute atomic E-state index is 9.19. The van der Waals surface area contributed by atoms with E-state index in [-0.39, 0.29) is 0 Å². The van der Waals surface area contributed by atoms with Crippen molar-refractivity contribution in [2.45, 2.75) is 31.7 Å². The molecule has 2 atom stereocenters. The van der Waals surface area contributed by atoms with Crippen LogP contribution < -0.4 is 4.90 Å². The van der Waals surface area contributed by atoms with Gasteiger partial charge < -0.3 is 4.90 Å². The number of nitriles is 1. The first-order chi connectivity index (χ1) is 19.8. The number of benzene rings is 4. The second-order valence-corrected chi connectivity index (χ2v) is 12.1. The predicted molar refractivity (Wildman–Crippen MR) is 168 cm³/mol. The number of allylic oxidation sites excluding steroid dienone is 3. The Morgan fingerprint density at radius 3 is 2.25 bits per heavy atom. The van der Waals surface area contributed by atoms with Gasteiger partial charge in [0, 0.05) is 43.0 Å². The number of nitrogens with zero attached hydrogens (tertiary/aromatic N) is 2. The van der Waals surface area contributed by atoms with Crippen LogP contribution in [0.15, 0.2) is 121 Å². The first kappa shape index (κ1) is 23.5. The molecule has 3 heteroatoms. The van der Waals surface area contributed by atoms with Crippen LogP contribution in [0.5, 0.6) is 0 Å². The van der Waals surface area contributed by atoms with Crippen molar-refractivity contribution in [2.24, 2.45) is 5.92 Å². The van der Waals surface area contributed by atoms with E-state index in [1.807, 2.05) is 35.6 Å². The van der Waals surface area contributed by atoms with Crippen LogP contribution in [-0.4, -0.2) is 6.04 Å². The molecule has 0 N–H and O–H groups in total. The van der Waals surface area contributed by atoms with E-state index < -0.39 is 0 Å². The molecule has 8 rings (SSSR count). The lowest BCUT2D eigenvalue weighted by Crippen LogP contribution is -2.33. The van der Waals surface area contributed by atoms with Gasteiger partial charge >= 0.3 is 0 Å². The molecule has 2 heterocycles. The fourth-order valence-corrected chi connectivity index (χ4v) is 8.05. The molecule has 0 saturated heterocycles. The first-order valence-electron chi connectivity index (χ1n) is 14.2. The van der Waals surface area contributed by atoms with Crippen molar-refractivity contribution < 1.29 is 0 Å². The van der Waals surface area contributed by atoms with E-state index in [0.717, 1.165) is 5.56 Å². The van der Waals surface area contributed by atoms with E-state index in [1.54, 1.807) is 11.3 Å². The van der Waals surface area contributed by atoms with Crippen LogP contribution in [-0.2, 0) is 0 Å². The molecule has 3 aliphatic rings. The zero-order chi connectivity index (χ0) is 26.6. The maximum atomic E-state index is 9.19. The zero-order valence-corrected chi connectivity index (χ0v) is 23.0. The molecule has 2 aliphatic carbocycles. The highest BCUT2D eigenvalue weighted by Crippen LogP contribution is 2.49. The second kappa shape index (κ2) is 9.37. The number of thiophene rings is 1. The summed E-state index contributed by atoms with van der Waals surface area (Å²) in [4.78, 5) is 2.66. The molecular formula is C37H28N2S. The Morgan fingerprint density at radius 1 is 0.725 bits per heavy atom. The summed E-state index contributed by atoms with van der Waals surface area (Å²) in [5, 5.41) is 11.8. The number of hydrogen-bond donors (Lipinski definition) is 0. The van der Waals surface area contributed by atoms with E-state index in [0.29, 0.717) is 17.5 Å². The van der Waals surface area contributed by atoms with Crippen LogP contribution in [0.25, 0.3) is 42.4 Å². The molecule has 2 unspecified atom stereocenters. The second-order valence-electron chi connectivity index (χ2n) is 11.1. The summed E-state index contributed by atoms with van der Waals surface area (Å²) in [6, 6.07) is 33.2. The summed E-state index contributed by atoms with van der Waals surface area (Å²) >= 11 is 1.86. The number of hydrogen-bond acceptors (Lipinski definition) is 3. The Morgan fingerprint density at radius 2 is 1.43 bits per heavy atom. The fraction of sp³-hybridized carbons (Fsp3) is 0.162. The standard InChI is InChI=1S/C37H28N2S/c38-23-24-13-15-25(16-14-24)26-17-19-36-31(21-26)32-22-27(18-20-37(32)40-36)28-7-1-4-10-33(28)39-34-11-5-2-8-29(34)30-9-3-6-12-35(30)39/h1-2,4-5,7-8,10-11,13-22,29,34H,3,6,9,12H2. The molecule has 0 fully saturated rings. The van der Waals surface area contributed by atoms with Gasteiger partial charge in [0.25, 0.3) is 0 Å². The topological polar surface area (TPSA) is 27.0 Å². The lowest BCUT2D eigenvalue weighted by molar-refractivity contribution is 0.634. The highest BCUT2D eigenvalue weighted by Gasteiger charge is 2.40. The molecule has 40 heavy (non-hydrogen) atoms. The minimum atomic E-state index is 0.370. The molecule has 4 aromatic carbocycles. The van der Waals surface area contributed by atoms with Crippen LogP contribution >= 0.6 is 11.3 Å². The van der Waals surface area contributed by atoms with Gasteiger partial charge in [0.05, 0.1) is 17.7 Å². The molecule has 0 amide bonds. The lowest BCUT2D eigenvalue weighted by Gasteiger charge is -2.33. The highest BCUT2D eigenvalue weighted by atomic mass is 32.1. The molecule has 1 aromatic heterocycles. The SMILES string of the molecule is N#Cc1ccc(-c2ccc3sc4ccc(-c5ccccc5N5C6=C(CCCC6)C6C=CC=CC65)cc4c3c2)cc1. The molecule has 0 saturated carbocycles. The Balaban J connectivity index is 1.25. The van der Waals surface area contributed by atoms with Gasteiger partial charge in [-0.1, -0.05) is 66.8 Å². The Labute approximate surface area is 238 Å². The van der Waals surface area contributed by atoms with Gasteiger partial charge in [0.1, 0.15) is 0 Å². The Kier molecular flexibility index (Phi) is 5.50. The van der Waals surface area contributed by atoms with Crippen LogP contribution in [0.3, 0.4) is 0 Å². The third-order valence-electron chi connectivity index (χ3n) is 8.87. The minimum Gasteiger partial charge on any atom is -0.337 e.